The quantitative estimate of drug-likeness (QED) is 0.253. The zero-order valence-electron chi connectivity index (χ0n) is 20.7. The smallest absolute Gasteiger partial charge is 0.266 e. The number of anilines is 1. The van der Waals surface area contributed by atoms with Crippen molar-refractivity contribution in [2.75, 3.05) is 18.5 Å². The van der Waals surface area contributed by atoms with Crippen LogP contribution in [0.4, 0.5) is 5.69 Å². The molecule has 2 amide bonds. The van der Waals surface area contributed by atoms with E-state index in [0.717, 1.165) is 23.2 Å². The number of hydrogen-bond donors (Lipinski definition) is 1. The van der Waals surface area contributed by atoms with Crippen molar-refractivity contribution in [3.63, 3.8) is 0 Å². The zero-order valence-corrected chi connectivity index (χ0v) is 22.4. The lowest BCUT2D eigenvalue weighted by Gasteiger charge is -2.14. The van der Waals surface area contributed by atoms with Gasteiger partial charge >= 0.3 is 0 Å². The van der Waals surface area contributed by atoms with Gasteiger partial charge < -0.3 is 14.8 Å². The van der Waals surface area contributed by atoms with Crippen LogP contribution in [0, 0.1) is 0 Å². The van der Waals surface area contributed by atoms with Crippen molar-refractivity contribution in [1.29, 1.82) is 0 Å². The molecule has 1 heterocycles. The van der Waals surface area contributed by atoms with E-state index in [4.69, 9.17) is 21.7 Å². The molecular weight excluding hydrogens is 504 g/mol. The van der Waals surface area contributed by atoms with Gasteiger partial charge in [0, 0.05) is 5.69 Å². The molecule has 0 aromatic heterocycles. The minimum absolute atomic E-state index is 0.124. The van der Waals surface area contributed by atoms with Gasteiger partial charge in [-0.3, -0.25) is 14.5 Å². The van der Waals surface area contributed by atoms with Gasteiger partial charge in [0.1, 0.15) is 4.32 Å². The number of ether oxygens (including phenoxy) is 2. The Kier molecular flexibility index (Phi) is 8.98. The Labute approximate surface area is 226 Å². The van der Waals surface area contributed by atoms with Gasteiger partial charge in [-0.15, -0.1) is 0 Å². The van der Waals surface area contributed by atoms with E-state index >= 15 is 0 Å². The third-order valence-electron chi connectivity index (χ3n) is 5.63. The molecule has 1 N–H and O–H groups in total. The lowest BCUT2D eigenvalue weighted by molar-refractivity contribution is -0.122. The summed E-state index contributed by atoms with van der Waals surface area (Å²) in [5.74, 6) is 0.557. The molecule has 0 atom stereocenters. The van der Waals surface area contributed by atoms with Gasteiger partial charge in [0.2, 0.25) is 0 Å². The average Bonchev–Trinajstić information content (AvgIpc) is 3.16. The molecule has 0 aliphatic carbocycles. The van der Waals surface area contributed by atoms with E-state index in [1.807, 2.05) is 67.6 Å². The van der Waals surface area contributed by atoms with Crippen molar-refractivity contribution in [1.82, 2.24) is 4.90 Å². The Morgan fingerprint density at radius 2 is 1.73 bits per heavy atom. The van der Waals surface area contributed by atoms with Crippen molar-refractivity contribution < 1.29 is 19.1 Å². The van der Waals surface area contributed by atoms with Gasteiger partial charge in [-0.2, -0.15) is 0 Å². The van der Waals surface area contributed by atoms with Gasteiger partial charge in [0.05, 0.1) is 18.1 Å². The summed E-state index contributed by atoms with van der Waals surface area (Å²) in [4.78, 5) is 27.6. The fourth-order valence-electron chi connectivity index (χ4n) is 3.72. The number of aryl methyl sites for hydroxylation is 1. The number of carbonyl (C=O) groups is 2. The maximum atomic E-state index is 13.0. The number of benzene rings is 3. The Morgan fingerprint density at radius 1 is 0.973 bits per heavy atom. The molecule has 1 fully saturated rings. The zero-order chi connectivity index (χ0) is 26.2. The molecule has 0 saturated carbocycles. The van der Waals surface area contributed by atoms with Crippen molar-refractivity contribution in [3.05, 3.63) is 94.4 Å². The number of hydrogen-bond acceptors (Lipinski definition) is 6. The molecule has 0 radical (unpaired) electrons. The minimum atomic E-state index is -0.266. The summed E-state index contributed by atoms with van der Waals surface area (Å²) in [7, 11) is 0. The normalized spacial score (nSPS) is 14.2. The van der Waals surface area contributed by atoms with Gasteiger partial charge in [-0.05, 0) is 60.4 Å². The summed E-state index contributed by atoms with van der Waals surface area (Å²) in [5.41, 5.74) is 3.71. The highest BCUT2D eigenvalue weighted by molar-refractivity contribution is 8.26. The number of nitrogens with zero attached hydrogens (tertiary/aromatic N) is 1. The topological polar surface area (TPSA) is 67.9 Å². The second kappa shape index (κ2) is 12.6. The third-order valence-corrected chi connectivity index (χ3v) is 7.00. The third kappa shape index (κ3) is 6.99. The summed E-state index contributed by atoms with van der Waals surface area (Å²) in [6.45, 7) is 4.66. The number of carbonyl (C=O) groups excluding carboxylic acids is 2. The Hall–Kier alpha value is -3.62. The number of amides is 2. The fourth-order valence-corrected chi connectivity index (χ4v) is 4.97. The van der Waals surface area contributed by atoms with Crippen LogP contribution in [0.1, 0.15) is 30.5 Å². The molecule has 190 valence electrons. The van der Waals surface area contributed by atoms with Crippen LogP contribution in [0.25, 0.3) is 6.08 Å². The largest absolute Gasteiger partial charge is 0.490 e. The summed E-state index contributed by atoms with van der Waals surface area (Å²) < 4.78 is 12.0. The summed E-state index contributed by atoms with van der Waals surface area (Å²) in [6.07, 6.45) is 2.74. The van der Waals surface area contributed by atoms with Crippen LogP contribution < -0.4 is 14.8 Å². The molecule has 6 nitrogen and oxygen atoms in total. The predicted molar refractivity (Wildman–Crippen MR) is 153 cm³/mol. The maximum Gasteiger partial charge on any atom is 0.266 e. The molecule has 37 heavy (non-hydrogen) atoms. The van der Waals surface area contributed by atoms with Crippen molar-refractivity contribution >= 4 is 51.9 Å². The van der Waals surface area contributed by atoms with Gasteiger partial charge in [-0.1, -0.05) is 79.4 Å². The molecule has 4 rings (SSSR count). The molecule has 1 saturated heterocycles. The lowest BCUT2D eigenvalue weighted by atomic mass is 10.1. The van der Waals surface area contributed by atoms with Crippen LogP contribution in [-0.2, 0) is 22.6 Å². The van der Waals surface area contributed by atoms with E-state index in [2.05, 4.69) is 12.2 Å². The summed E-state index contributed by atoms with van der Waals surface area (Å²) in [6, 6.07) is 22.8. The highest BCUT2D eigenvalue weighted by Gasteiger charge is 2.32. The fraction of sp³-hybridized carbons (Fsp3) is 0.207. The molecule has 1 aliphatic rings. The number of thiocarbonyl (C=S) groups is 1. The summed E-state index contributed by atoms with van der Waals surface area (Å²) >= 11 is 6.74. The number of thioether (sulfide) groups is 1. The van der Waals surface area contributed by atoms with Crippen LogP contribution in [0.2, 0.25) is 0 Å². The summed E-state index contributed by atoms with van der Waals surface area (Å²) in [5, 5.41) is 2.83. The second-order valence-electron chi connectivity index (χ2n) is 8.28. The number of nitrogens with one attached hydrogen (secondary N) is 1. The Balaban J connectivity index is 1.42. The van der Waals surface area contributed by atoms with E-state index in [-0.39, 0.29) is 18.4 Å². The predicted octanol–water partition coefficient (Wildman–Crippen LogP) is 6.07. The van der Waals surface area contributed by atoms with E-state index in [9.17, 15) is 9.59 Å². The highest BCUT2D eigenvalue weighted by Crippen LogP contribution is 2.35. The Morgan fingerprint density at radius 3 is 2.43 bits per heavy atom. The van der Waals surface area contributed by atoms with Crippen molar-refractivity contribution in [2.45, 2.75) is 26.8 Å². The van der Waals surface area contributed by atoms with Crippen molar-refractivity contribution in [2.24, 2.45) is 0 Å². The highest BCUT2D eigenvalue weighted by atomic mass is 32.2. The van der Waals surface area contributed by atoms with Gasteiger partial charge in [0.25, 0.3) is 11.8 Å². The first-order valence-corrected chi connectivity index (χ1v) is 13.3. The molecular formula is C29H28N2O4S2. The molecule has 0 spiro atoms. The lowest BCUT2D eigenvalue weighted by Crippen LogP contribution is -2.27. The van der Waals surface area contributed by atoms with Gasteiger partial charge in [-0.25, -0.2) is 0 Å². The van der Waals surface area contributed by atoms with E-state index in [1.165, 1.54) is 17.3 Å². The van der Waals surface area contributed by atoms with Gasteiger partial charge in [0.15, 0.2) is 18.1 Å². The standard InChI is InChI=1S/C29H28N2O4S2/c1-3-20-10-13-23(14-11-20)30-27(32)19-35-24-15-12-22(16-25(24)34-4-2)17-26-28(33)31(29(36)37-26)18-21-8-6-5-7-9-21/h5-17H,3-4,18-19H2,1-2H3,(H,30,32)/b26-17-. The monoisotopic (exact) mass is 532 g/mol. The van der Waals surface area contributed by atoms with Crippen LogP contribution in [-0.4, -0.2) is 34.2 Å². The van der Waals surface area contributed by atoms with E-state index in [0.29, 0.717) is 33.9 Å². The first-order valence-electron chi connectivity index (χ1n) is 12.0. The van der Waals surface area contributed by atoms with Crippen LogP contribution in [0.15, 0.2) is 77.7 Å². The van der Waals surface area contributed by atoms with Crippen LogP contribution >= 0.6 is 24.0 Å². The van der Waals surface area contributed by atoms with E-state index < -0.39 is 0 Å². The Bertz CT molecular complexity index is 1310. The minimum Gasteiger partial charge on any atom is -0.490 e. The second-order valence-corrected chi connectivity index (χ2v) is 9.96. The average molecular weight is 533 g/mol. The maximum absolute atomic E-state index is 13.0. The first kappa shape index (κ1) is 26.4. The number of rotatable bonds is 10. The first-order chi connectivity index (χ1) is 18.0. The van der Waals surface area contributed by atoms with Crippen LogP contribution in [0.3, 0.4) is 0 Å². The molecule has 3 aromatic carbocycles. The SMILES string of the molecule is CCOc1cc(/C=C2\SC(=S)N(Cc3ccccc3)C2=O)ccc1OCC(=O)Nc1ccc(CC)cc1. The molecule has 0 bridgehead atoms. The van der Waals surface area contributed by atoms with Crippen molar-refractivity contribution in [3.8, 4) is 11.5 Å². The van der Waals surface area contributed by atoms with Crippen LogP contribution in [0.5, 0.6) is 11.5 Å². The molecule has 8 heteroatoms. The van der Waals surface area contributed by atoms with E-state index in [1.54, 1.807) is 23.1 Å². The molecule has 1 aliphatic heterocycles. The molecule has 0 unspecified atom stereocenters. The molecule has 3 aromatic rings.